The quantitative estimate of drug-likeness (QED) is 0.579. The van der Waals surface area contributed by atoms with Crippen LogP contribution >= 0.6 is 0 Å². The molecule has 68 valence electrons. The SMILES string of the molecule is C#CCCN1CCCC(CC)C1. The molecule has 1 aliphatic heterocycles. The number of terminal acetylenes is 1. The van der Waals surface area contributed by atoms with Gasteiger partial charge in [-0.2, -0.15) is 0 Å². The van der Waals surface area contributed by atoms with Gasteiger partial charge in [0.05, 0.1) is 0 Å². The molecule has 12 heavy (non-hydrogen) atoms. The summed E-state index contributed by atoms with van der Waals surface area (Å²) in [6, 6.07) is 0. The molecule has 1 aliphatic rings. The third-order valence-corrected chi connectivity index (χ3v) is 2.75. The van der Waals surface area contributed by atoms with Crippen LogP contribution in [-0.4, -0.2) is 24.5 Å². The normalized spacial score (nSPS) is 25.2. The Bertz CT molecular complexity index is 157. The van der Waals surface area contributed by atoms with Gasteiger partial charge < -0.3 is 4.90 Å². The van der Waals surface area contributed by atoms with Gasteiger partial charge in [-0.05, 0) is 25.3 Å². The Kier molecular flexibility index (Phi) is 4.18. The minimum Gasteiger partial charge on any atom is -0.302 e. The molecule has 0 spiro atoms. The van der Waals surface area contributed by atoms with Crippen LogP contribution in [0, 0.1) is 18.3 Å². The topological polar surface area (TPSA) is 3.24 Å². The predicted octanol–water partition coefficient (Wildman–Crippen LogP) is 2.13. The molecule has 0 aromatic heterocycles. The highest BCUT2D eigenvalue weighted by Gasteiger charge is 2.17. The monoisotopic (exact) mass is 165 g/mol. The van der Waals surface area contributed by atoms with Crippen LogP contribution in [0.4, 0.5) is 0 Å². The maximum Gasteiger partial charge on any atom is 0.0214 e. The van der Waals surface area contributed by atoms with Gasteiger partial charge in [0.15, 0.2) is 0 Å². The number of rotatable bonds is 3. The third kappa shape index (κ3) is 2.87. The average Bonchev–Trinajstić information content (AvgIpc) is 2.15. The molecule has 1 rings (SSSR count). The maximum atomic E-state index is 5.24. The molecular weight excluding hydrogens is 146 g/mol. The third-order valence-electron chi connectivity index (χ3n) is 2.75. The van der Waals surface area contributed by atoms with E-state index < -0.39 is 0 Å². The van der Waals surface area contributed by atoms with Gasteiger partial charge in [-0.15, -0.1) is 12.3 Å². The van der Waals surface area contributed by atoms with E-state index in [1.165, 1.54) is 32.4 Å². The first kappa shape index (κ1) is 9.61. The number of likely N-dealkylation sites (tertiary alicyclic amines) is 1. The van der Waals surface area contributed by atoms with Gasteiger partial charge in [-0.25, -0.2) is 0 Å². The molecule has 0 N–H and O–H groups in total. The molecule has 0 saturated carbocycles. The van der Waals surface area contributed by atoms with Crippen LogP contribution in [0.1, 0.15) is 32.6 Å². The second kappa shape index (κ2) is 5.22. The summed E-state index contributed by atoms with van der Waals surface area (Å²) in [5.41, 5.74) is 0. The Morgan fingerprint density at radius 1 is 1.58 bits per heavy atom. The van der Waals surface area contributed by atoms with Crippen molar-refractivity contribution in [2.45, 2.75) is 32.6 Å². The van der Waals surface area contributed by atoms with E-state index in [9.17, 15) is 0 Å². The molecule has 0 radical (unpaired) electrons. The Morgan fingerprint density at radius 3 is 3.08 bits per heavy atom. The Hall–Kier alpha value is -0.480. The van der Waals surface area contributed by atoms with Crippen LogP contribution in [-0.2, 0) is 0 Å². The molecule has 0 aromatic rings. The highest BCUT2D eigenvalue weighted by molar-refractivity contribution is 4.85. The molecule has 1 unspecified atom stereocenters. The summed E-state index contributed by atoms with van der Waals surface area (Å²) in [5, 5.41) is 0. The standard InChI is InChI=1S/C11H19N/c1-3-5-8-12-9-6-7-11(4-2)10-12/h1,11H,4-10H2,2H3. The van der Waals surface area contributed by atoms with Crippen LogP contribution in [0.3, 0.4) is 0 Å². The second-order valence-electron chi connectivity index (χ2n) is 3.67. The van der Waals surface area contributed by atoms with Gasteiger partial charge in [0.1, 0.15) is 0 Å². The number of piperidine rings is 1. The van der Waals surface area contributed by atoms with E-state index in [2.05, 4.69) is 17.7 Å². The minimum absolute atomic E-state index is 0.913. The molecule has 0 amide bonds. The summed E-state index contributed by atoms with van der Waals surface area (Å²) in [7, 11) is 0. The molecule has 0 aliphatic carbocycles. The summed E-state index contributed by atoms with van der Waals surface area (Å²) < 4.78 is 0. The molecule has 0 aromatic carbocycles. The van der Waals surface area contributed by atoms with Gasteiger partial charge in [-0.3, -0.25) is 0 Å². The van der Waals surface area contributed by atoms with Crippen LogP contribution in [0.5, 0.6) is 0 Å². The number of nitrogens with zero attached hydrogens (tertiary/aromatic N) is 1. The molecule has 1 heterocycles. The van der Waals surface area contributed by atoms with Crippen molar-refractivity contribution in [3.05, 3.63) is 0 Å². The van der Waals surface area contributed by atoms with Crippen LogP contribution in [0.15, 0.2) is 0 Å². The van der Waals surface area contributed by atoms with E-state index in [4.69, 9.17) is 6.42 Å². The smallest absolute Gasteiger partial charge is 0.0214 e. The molecule has 1 heteroatoms. The zero-order chi connectivity index (χ0) is 8.81. The van der Waals surface area contributed by atoms with Crippen molar-refractivity contribution in [1.29, 1.82) is 0 Å². The fourth-order valence-corrected chi connectivity index (χ4v) is 1.91. The van der Waals surface area contributed by atoms with E-state index in [-0.39, 0.29) is 0 Å². The molecule has 1 atom stereocenters. The summed E-state index contributed by atoms with van der Waals surface area (Å²) in [4.78, 5) is 2.51. The molecule has 1 saturated heterocycles. The predicted molar refractivity (Wildman–Crippen MR) is 52.9 cm³/mol. The highest BCUT2D eigenvalue weighted by Crippen LogP contribution is 2.18. The lowest BCUT2D eigenvalue weighted by atomic mass is 9.96. The lowest BCUT2D eigenvalue weighted by molar-refractivity contribution is 0.175. The first-order valence-corrected chi connectivity index (χ1v) is 5.02. The summed E-state index contributed by atoms with van der Waals surface area (Å²) in [5.74, 6) is 3.63. The molecule has 1 nitrogen and oxygen atoms in total. The van der Waals surface area contributed by atoms with Crippen LogP contribution < -0.4 is 0 Å². The lowest BCUT2D eigenvalue weighted by Gasteiger charge is -2.31. The minimum atomic E-state index is 0.913. The lowest BCUT2D eigenvalue weighted by Crippen LogP contribution is -2.35. The fraction of sp³-hybridized carbons (Fsp3) is 0.818. The van der Waals surface area contributed by atoms with E-state index in [1.807, 2.05) is 0 Å². The maximum absolute atomic E-state index is 5.24. The average molecular weight is 165 g/mol. The number of hydrogen-bond acceptors (Lipinski definition) is 1. The molecule has 0 bridgehead atoms. The fourth-order valence-electron chi connectivity index (χ4n) is 1.91. The summed E-state index contributed by atoms with van der Waals surface area (Å²) in [6.45, 7) is 5.93. The number of hydrogen-bond donors (Lipinski definition) is 0. The van der Waals surface area contributed by atoms with Crippen molar-refractivity contribution in [3.63, 3.8) is 0 Å². The zero-order valence-electron chi connectivity index (χ0n) is 8.05. The van der Waals surface area contributed by atoms with Crippen molar-refractivity contribution in [3.8, 4) is 12.3 Å². The van der Waals surface area contributed by atoms with Crippen molar-refractivity contribution in [2.75, 3.05) is 19.6 Å². The highest BCUT2D eigenvalue weighted by atomic mass is 15.1. The zero-order valence-corrected chi connectivity index (χ0v) is 8.05. The van der Waals surface area contributed by atoms with Crippen molar-refractivity contribution >= 4 is 0 Å². The van der Waals surface area contributed by atoms with Crippen LogP contribution in [0.2, 0.25) is 0 Å². The van der Waals surface area contributed by atoms with E-state index in [0.29, 0.717) is 0 Å². The van der Waals surface area contributed by atoms with Crippen LogP contribution in [0.25, 0.3) is 0 Å². The Labute approximate surface area is 76.1 Å². The molecule has 1 fully saturated rings. The van der Waals surface area contributed by atoms with Gasteiger partial charge in [-0.1, -0.05) is 13.3 Å². The first-order chi connectivity index (χ1) is 5.86. The summed E-state index contributed by atoms with van der Waals surface area (Å²) >= 11 is 0. The van der Waals surface area contributed by atoms with Crippen molar-refractivity contribution in [1.82, 2.24) is 4.90 Å². The summed E-state index contributed by atoms with van der Waals surface area (Å²) in [6.07, 6.45) is 10.3. The first-order valence-electron chi connectivity index (χ1n) is 5.02. The van der Waals surface area contributed by atoms with Gasteiger partial charge in [0, 0.05) is 19.5 Å². The van der Waals surface area contributed by atoms with Gasteiger partial charge >= 0.3 is 0 Å². The van der Waals surface area contributed by atoms with Crippen molar-refractivity contribution < 1.29 is 0 Å². The largest absolute Gasteiger partial charge is 0.302 e. The molecular formula is C11H19N. The van der Waals surface area contributed by atoms with E-state index in [0.717, 1.165) is 18.9 Å². The Morgan fingerprint density at radius 2 is 2.42 bits per heavy atom. The van der Waals surface area contributed by atoms with Crippen molar-refractivity contribution in [2.24, 2.45) is 5.92 Å². The van der Waals surface area contributed by atoms with E-state index >= 15 is 0 Å². The van der Waals surface area contributed by atoms with Gasteiger partial charge in [0.2, 0.25) is 0 Å². The Balaban J connectivity index is 2.22. The van der Waals surface area contributed by atoms with E-state index in [1.54, 1.807) is 0 Å². The second-order valence-corrected chi connectivity index (χ2v) is 3.67. The van der Waals surface area contributed by atoms with Gasteiger partial charge in [0.25, 0.3) is 0 Å².